The molecule has 0 aliphatic carbocycles. The Labute approximate surface area is 73.0 Å². The maximum atomic E-state index is 10.9. The van der Waals surface area contributed by atoms with Crippen LogP contribution in [0.25, 0.3) is 0 Å². The summed E-state index contributed by atoms with van der Waals surface area (Å²) < 4.78 is 21.3. The van der Waals surface area contributed by atoms with Crippen LogP contribution in [-0.2, 0) is 18.6 Å². The van der Waals surface area contributed by atoms with Crippen molar-refractivity contribution in [3.8, 4) is 0 Å². The predicted molar refractivity (Wildman–Crippen MR) is 40.6 cm³/mol. The van der Waals surface area contributed by atoms with E-state index in [4.69, 9.17) is 10.7 Å². The molecule has 7 heteroatoms. The van der Waals surface area contributed by atoms with Crippen LogP contribution >= 0.6 is 10.7 Å². The Kier molecular flexibility index (Phi) is 1.97. The molecule has 0 aromatic carbocycles. The lowest BCUT2D eigenvalue weighted by atomic mass is 10.6. The van der Waals surface area contributed by atoms with E-state index < -0.39 is 25.8 Å². The van der Waals surface area contributed by atoms with Crippen molar-refractivity contribution in [3.63, 3.8) is 0 Å². The molecule has 0 radical (unpaired) electrons. The average Bonchev–Trinajstić information content (AvgIpc) is 2.15. The smallest absolute Gasteiger partial charge is 0.273 e. The lowest BCUT2D eigenvalue weighted by Gasteiger charge is -2.04. The van der Waals surface area contributed by atoms with Gasteiger partial charge in [-0.2, -0.15) is 0 Å². The normalized spacial score (nSPS) is 18.5. The topological polar surface area (TPSA) is 71.5 Å². The highest BCUT2D eigenvalue weighted by molar-refractivity contribution is 8.17. The van der Waals surface area contributed by atoms with E-state index in [2.05, 4.69) is 0 Å². The molecule has 0 bridgehead atoms. The average molecular weight is 210 g/mol. The second-order valence-corrected chi connectivity index (χ2v) is 4.68. The number of imide groups is 1. The number of carbonyl (C=O) groups is 2. The molecule has 0 saturated heterocycles. The van der Waals surface area contributed by atoms with E-state index in [-0.39, 0.29) is 0 Å². The van der Waals surface area contributed by atoms with E-state index in [9.17, 15) is 18.0 Å². The monoisotopic (exact) mass is 209 g/mol. The van der Waals surface area contributed by atoms with Gasteiger partial charge in [0.25, 0.3) is 20.9 Å². The van der Waals surface area contributed by atoms with Crippen LogP contribution in [-0.4, -0.2) is 32.2 Å². The van der Waals surface area contributed by atoms with E-state index in [0.29, 0.717) is 11.0 Å². The molecule has 0 unspecified atom stereocenters. The molecule has 0 aromatic rings. The fraction of sp³-hybridized carbons (Fsp3) is 0.200. The molecule has 1 aliphatic heterocycles. The van der Waals surface area contributed by atoms with Gasteiger partial charge in [-0.15, -0.1) is 0 Å². The second kappa shape index (κ2) is 2.56. The third-order valence-corrected chi connectivity index (χ3v) is 2.68. The molecule has 1 rings (SSSR count). The number of likely N-dealkylation sites (N-methyl/N-ethyl adjacent to an activating group) is 1. The van der Waals surface area contributed by atoms with E-state index in [1.807, 2.05) is 0 Å². The molecule has 0 N–H and O–H groups in total. The van der Waals surface area contributed by atoms with E-state index >= 15 is 0 Å². The molecule has 0 fully saturated rings. The van der Waals surface area contributed by atoms with Crippen LogP contribution in [0.3, 0.4) is 0 Å². The maximum absolute atomic E-state index is 10.9. The SMILES string of the molecule is CN1C(=O)C=C(S(=O)(=O)Cl)C1=O. The molecule has 12 heavy (non-hydrogen) atoms. The second-order valence-electron chi connectivity index (χ2n) is 2.15. The fourth-order valence-corrected chi connectivity index (χ4v) is 1.63. The summed E-state index contributed by atoms with van der Waals surface area (Å²) in [6.07, 6.45) is 0.699. The number of amides is 2. The maximum Gasteiger partial charge on any atom is 0.273 e. The summed E-state index contributed by atoms with van der Waals surface area (Å²) in [5.41, 5.74) is 0. The minimum atomic E-state index is -4.10. The third-order valence-electron chi connectivity index (χ3n) is 1.36. The van der Waals surface area contributed by atoms with Gasteiger partial charge in [0.2, 0.25) is 0 Å². The van der Waals surface area contributed by atoms with Gasteiger partial charge in [0, 0.05) is 23.8 Å². The highest BCUT2D eigenvalue weighted by Crippen LogP contribution is 2.19. The zero-order chi connectivity index (χ0) is 9.52. The Balaban J connectivity index is 3.21. The van der Waals surface area contributed by atoms with Crippen molar-refractivity contribution in [3.05, 3.63) is 11.0 Å². The van der Waals surface area contributed by atoms with Crippen LogP contribution < -0.4 is 0 Å². The Bertz CT molecular complexity index is 382. The van der Waals surface area contributed by atoms with Crippen molar-refractivity contribution < 1.29 is 18.0 Å². The van der Waals surface area contributed by atoms with E-state index in [0.717, 1.165) is 0 Å². The summed E-state index contributed by atoms with van der Waals surface area (Å²) in [6, 6.07) is 0. The van der Waals surface area contributed by atoms with Crippen molar-refractivity contribution in [2.75, 3.05) is 7.05 Å². The largest absolute Gasteiger partial charge is 0.277 e. The van der Waals surface area contributed by atoms with Gasteiger partial charge in [-0.05, 0) is 0 Å². The fourth-order valence-electron chi connectivity index (χ4n) is 0.711. The Morgan fingerprint density at radius 1 is 1.42 bits per heavy atom. The Hall–Kier alpha value is -0.880. The molecule has 2 amide bonds. The first-order chi connectivity index (χ1) is 5.34. The number of nitrogens with zero attached hydrogens (tertiary/aromatic N) is 1. The first-order valence-electron chi connectivity index (χ1n) is 2.82. The zero-order valence-electron chi connectivity index (χ0n) is 5.94. The molecular weight excluding hydrogens is 206 g/mol. The first-order valence-corrected chi connectivity index (χ1v) is 5.13. The molecule has 66 valence electrons. The van der Waals surface area contributed by atoms with Crippen LogP contribution in [0.15, 0.2) is 11.0 Å². The number of carbonyl (C=O) groups excluding carboxylic acids is 2. The van der Waals surface area contributed by atoms with Gasteiger partial charge in [0.1, 0.15) is 0 Å². The van der Waals surface area contributed by atoms with E-state index in [1.54, 1.807) is 0 Å². The number of halogens is 1. The van der Waals surface area contributed by atoms with Gasteiger partial charge in [-0.25, -0.2) is 8.42 Å². The minimum absolute atomic E-state index is 0.670. The summed E-state index contributed by atoms with van der Waals surface area (Å²) >= 11 is 0. The summed E-state index contributed by atoms with van der Waals surface area (Å²) in [7, 11) is 1.95. The minimum Gasteiger partial charge on any atom is -0.277 e. The molecule has 0 spiro atoms. The lowest BCUT2D eigenvalue weighted by molar-refractivity contribution is -0.135. The van der Waals surface area contributed by atoms with Crippen molar-refractivity contribution in [2.24, 2.45) is 0 Å². The summed E-state index contributed by atoms with van der Waals surface area (Å²) in [5.74, 6) is -1.57. The summed E-state index contributed by atoms with van der Waals surface area (Å²) in [4.78, 5) is 21.7. The molecule has 1 aliphatic rings. The third kappa shape index (κ3) is 1.35. The Morgan fingerprint density at radius 2 is 1.92 bits per heavy atom. The van der Waals surface area contributed by atoms with Gasteiger partial charge in [0.05, 0.1) is 0 Å². The lowest BCUT2D eigenvalue weighted by Crippen LogP contribution is -2.26. The zero-order valence-corrected chi connectivity index (χ0v) is 7.52. The summed E-state index contributed by atoms with van der Waals surface area (Å²) in [6.45, 7) is 0. The van der Waals surface area contributed by atoms with Crippen LogP contribution in [0.5, 0.6) is 0 Å². The highest BCUT2D eigenvalue weighted by Gasteiger charge is 2.35. The van der Waals surface area contributed by atoms with Gasteiger partial charge in [-0.1, -0.05) is 0 Å². The van der Waals surface area contributed by atoms with Crippen LogP contribution in [0.4, 0.5) is 0 Å². The van der Waals surface area contributed by atoms with Gasteiger partial charge in [-0.3, -0.25) is 14.5 Å². The van der Waals surface area contributed by atoms with Crippen LogP contribution in [0.1, 0.15) is 0 Å². The van der Waals surface area contributed by atoms with Crippen molar-refractivity contribution in [2.45, 2.75) is 0 Å². The van der Waals surface area contributed by atoms with Gasteiger partial charge >= 0.3 is 0 Å². The molecule has 5 nitrogen and oxygen atoms in total. The quantitative estimate of drug-likeness (QED) is 0.429. The number of hydrogen-bond acceptors (Lipinski definition) is 4. The number of hydrogen-bond donors (Lipinski definition) is 0. The van der Waals surface area contributed by atoms with Gasteiger partial charge in [0.15, 0.2) is 4.91 Å². The standard InChI is InChI=1S/C5H4ClNO4S/c1-7-4(8)2-3(5(7)9)12(6,10)11/h2H,1H3. The van der Waals surface area contributed by atoms with E-state index in [1.165, 1.54) is 7.05 Å². The predicted octanol–water partition coefficient (Wildman–Crippen LogP) is -0.562. The van der Waals surface area contributed by atoms with Crippen LogP contribution in [0.2, 0.25) is 0 Å². The molecule has 1 heterocycles. The van der Waals surface area contributed by atoms with Crippen molar-refractivity contribution >= 4 is 31.5 Å². The molecule has 0 aromatic heterocycles. The molecule has 0 atom stereocenters. The van der Waals surface area contributed by atoms with Crippen molar-refractivity contribution in [1.29, 1.82) is 0 Å². The van der Waals surface area contributed by atoms with Gasteiger partial charge < -0.3 is 0 Å². The summed E-state index contributed by atoms with van der Waals surface area (Å²) in [5, 5.41) is 0. The molecular formula is C5H4ClNO4S. The first kappa shape index (κ1) is 9.21. The molecule has 0 saturated carbocycles. The van der Waals surface area contributed by atoms with Crippen molar-refractivity contribution in [1.82, 2.24) is 4.90 Å². The Morgan fingerprint density at radius 3 is 2.08 bits per heavy atom. The number of rotatable bonds is 1. The van der Waals surface area contributed by atoms with Crippen LogP contribution in [0, 0.1) is 0 Å². The highest BCUT2D eigenvalue weighted by atomic mass is 35.7.